The number of aromatic nitrogens is 2. The van der Waals surface area contributed by atoms with Crippen LogP contribution in [0.5, 0.6) is 5.75 Å². The molecule has 1 aliphatic rings. The van der Waals surface area contributed by atoms with Crippen LogP contribution in [-0.4, -0.2) is 59.6 Å². The Hall–Kier alpha value is -3.78. The second-order valence-corrected chi connectivity index (χ2v) is 10.2. The standard InChI is InChI=1S/C30H36N4O4/c1-20(2)5-4-14-38-26-12-10-22(11-13-26)24-16-32-28(33-17-24)23-8-6-21(7-9-23)15-27(31)29(35)34-18-25(19-34)30(36)37-3/h6-13,16-17,20,25,27H,4-5,14-15,18-19,31H2,1-3H3/t27-/m0/s1. The number of ether oxygens (including phenoxy) is 2. The highest BCUT2D eigenvalue weighted by Crippen LogP contribution is 2.24. The normalized spacial score (nSPS) is 14.2. The van der Waals surface area contributed by atoms with Gasteiger partial charge in [0.2, 0.25) is 5.91 Å². The summed E-state index contributed by atoms with van der Waals surface area (Å²) in [6.45, 7) is 5.89. The van der Waals surface area contributed by atoms with Gasteiger partial charge in [-0.1, -0.05) is 50.2 Å². The van der Waals surface area contributed by atoms with Gasteiger partial charge < -0.3 is 20.1 Å². The zero-order valence-corrected chi connectivity index (χ0v) is 22.3. The molecule has 1 aromatic heterocycles. The summed E-state index contributed by atoms with van der Waals surface area (Å²) in [5, 5.41) is 0. The van der Waals surface area contributed by atoms with Gasteiger partial charge in [-0.3, -0.25) is 9.59 Å². The molecule has 8 heteroatoms. The van der Waals surface area contributed by atoms with Crippen molar-refractivity contribution in [2.45, 2.75) is 39.2 Å². The first-order chi connectivity index (χ1) is 18.3. The number of methoxy groups -OCH3 is 1. The molecule has 1 atom stereocenters. The number of likely N-dealkylation sites (tertiary alicyclic amines) is 1. The van der Waals surface area contributed by atoms with E-state index >= 15 is 0 Å². The molecule has 2 N–H and O–H groups in total. The van der Waals surface area contributed by atoms with Crippen LogP contribution in [-0.2, 0) is 20.7 Å². The molecule has 0 aliphatic carbocycles. The van der Waals surface area contributed by atoms with E-state index in [4.69, 9.17) is 15.2 Å². The van der Waals surface area contributed by atoms with Crippen molar-refractivity contribution >= 4 is 11.9 Å². The van der Waals surface area contributed by atoms with Crippen LogP contribution in [0.4, 0.5) is 0 Å². The average molecular weight is 517 g/mol. The SMILES string of the molecule is COC(=O)C1CN(C(=O)[C@@H](N)Cc2ccc(-c3ncc(-c4ccc(OCCCC(C)C)cc4)cn3)cc2)C1. The fraction of sp³-hybridized carbons (Fsp3) is 0.400. The molecule has 4 rings (SSSR count). The first-order valence-corrected chi connectivity index (χ1v) is 13.1. The molecule has 0 saturated carbocycles. The summed E-state index contributed by atoms with van der Waals surface area (Å²) in [6, 6.07) is 15.1. The fourth-order valence-corrected chi connectivity index (χ4v) is 4.39. The minimum Gasteiger partial charge on any atom is -0.494 e. The molecule has 1 amide bonds. The molecule has 1 aliphatic heterocycles. The van der Waals surface area contributed by atoms with Crippen LogP contribution in [0.1, 0.15) is 32.3 Å². The van der Waals surface area contributed by atoms with Crippen molar-refractivity contribution in [3.63, 3.8) is 0 Å². The molecule has 0 unspecified atom stereocenters. The van der Waals surface area contributed by atoms with Crippen molar-refractivity contribution in [2.24, 2.45) is 17.6 Å². The molecule has 0 radical (unpaired) electrons. The number of benzene rings is 2. The molecule has 1 saturated heterocycles. The highest BCUT2D eigenvalue weighted by molar-refractivity contribution is 5.85. The number of hydrogen-bond acceptors (Lipinski definition) is 7. The van der Waals surface area contributed by atoms with Gasteiger partial charge in [-0.15, -0.1) is 0 Å². The quantitative estimate of drug-likeness (QED) is 0.302. The lowest BCUT2D eigenvalue weighted by atomic mass is 9.97. The van der Waals surface area contributed by atoms with Crippen LogP contribution in [0.15, 0.2) is 60.9 Å². The number of rotatable bonds is 11. The smallest absolute Gasteiger partial charge is 0.312 e. The van der Waals surface area contributed by atoms with Crippen molar-refractivity contribution in [1.82, 2.24) is 14.9 Å². The maximum absolute atomic E-state index is 12.5. The number of esters is 1. The Balaban J connectivity index is 1.29. The van der Waals surface area contributed by atoms with E-state index in [9.17, 15) is 9.59 Å². The van der Waals surface area contributed by atoms with Gasteiger partial charge in [0.05, 0.1) is 25.7 Å². The molecule has 3 aromatic rings. The van der Waals surface area contributed by atoms with Crippen molar-refractivity contribution in [3.8, 4) is 28.3 Å². The molecule has 2 heterocycles. The Morgan fingerprint density at radius 3 is 2.21 bits per heavy atom. The summed E-state index contributed by atoms with van der Waals surface area (Å²) in [5.74, 6) is 1.49. The Labute approximate surface area is 224 Å². The number of carbonyl (C=O) groups excluding carboxylic acids is 2. The summed E-state index contributed by atoms with van der Waals surface area (Å²) < 4.78 is 10.5. The van der Waals surface area contributed by atoms with Gasteiger partial charge >= 0.3 is 5.97 Å². The third-order valence-electron chi connectivity index (χ3n) is 6.75. The molecular weight excluding hydrogens is 480 g/mol. The number of carbonyl (C=O) groups is 2. The van der Waals surface area contributed by atoms with Gasteiger partial charge in [0, 0.05) is 36.6 Å². The number of nitrogens with two attached hydrogens (primary N) is 1. The van der Waals surface area contributed by atoms with Crippen molar-refractivity contribution < 1.29 is 19.1 Å². The van der Waals surface area contributed by atoms with Gasteiger partial charge in [-0.25, -0.2) is 9.97 Å². The minimum absolute atomic E-state index is 0.154. The molecule has 0 bridgehead atoms. The Morgan fingerprint density at radius 2 is 1.61 bits per heavy atom. The molecule has 38 heavy (non-hydrogen) atoms. The van der Waals surface area contributed by atoms with Crippen LogP contribution in [0.25, 0.3) is 22.5 Å². The zero-order chi connectivity index (χ0) is 27.1. The summed E-state index contributed by atoms with van der Waals surface area (Å²) >= 11 is 0. The Bertz CT molecular complexity index is 1200. The van der Waals surface area contributed by atoms with E-state index in [0.717, 1.165) is 47.5 Å². The van der Waals surface area contributed by atoms with Crippen LogP contribution < -0.4 is 10.5 Å². The first kappa shape index (κ1) is 27.3. The van der Waals surface area contributed by atoms with Crippen molar-refractivity contribution in [2.75, 3.05) is 26.8 Å². The van der Waals surface area contributed by atoms with Gasteiger partial charge in [-0.2, -0.15) is 0 Å². The van der Waals surface area contributed by atoms with Gasteiger partial charge in [0.15, 0.2) is 5.82 Å². The predicted octanol–water partition coefficient (Wildman–Crippen LogP) is 4.13. The van der Waals surface area contributed by atoms with Crippen LogP contribution >= 0.6 is 0 Å². The summed E-state index contributed by atoms with van der Waals surface area (Å²) in [7, 11) is 1.35. The van der Waals surface area contributed by atoms with Crippen LogP contribution in [0.3, 0.4) is 0 Å². The fourth-order valence-electron chi connectivity index (χ4n) is 4.39. The van der Waals surface area contributed by atoms with E-state index in [0.29, 0.717) is 31.3 Å². The third kappa shape index (κ3) is 6.95. The maximum Gasteiger partial charge on any atom is 0.312 e. The number of hydrogen-bond donors (Lipinski definition) is 1. The highest BCUT2D eigenvalue weighted by atomic mass is 16.5. The highest BCUT2D eigenvalue weighted by Gasteiger charge is 2.38. The minimum atomic E-state index is -0.660. The van der Waals surface area contributed by atoms with E-state index in [1.165, 1.54) is 7.11 Å². The van der Waals surface area contributed by atoms with E-state index in [1.807, 2.05) is 60.9 Å². The van der Waals surface area contributed by atoms with Gasteiger partial charge in [0.1, 0.15) is 5.75 Å². The van der Waals surface area contributed by atoms with E-state index in [1.54, 1.807) is 4.90 Å². The zero-order valence-electron chi connectivity index (χ0n) is 22.3. The molecule has 200 valence electrons. The second-order valence-electron chi connectivity index (χ2n) is 10.2. The maximum atomic E-state index is 12.5. The monoisotopic (exact) mass is 516 g/mol. The summed E-state index contributed by atoms with van der Waals surface area (Å²) in [5.41, 5.74) is 9.94. The lowest BCUT2D eigenvalue weighted by Gasteiger charge is -2.38. The first-order valence-electron chi connectivity index (χ1n) is 13.1. The molecule has 0 spiro atoms. The summed E-state index contributed by atoms with van der Waals surface area (Å²) in [4.78, 5) is 34.8. The molecule has 2 aromatic carbocycles. The molecule has 1 fully saturated rings. The van der Waals surface area contributed by atoms with E-state index in [-0.39, 0.29) is 17.8 Å². The topological polar surface area (TPSA) is 108 Å². The van der Waals surface area contributed by atoms with Gasteiger partial charge in [-0.05, 0) is 48.4 Å². The van der Waals surface area contributed by atoms with Crippen molar-refractivity contribution in [1.29, 1.82) is 0 Å². The number of nitrogens with zero attached hydrogens (tertiary/aromatic N) is 3. The predicted molar refractivity (Wildman–Crippen MR) is 146 cm³/mol. The molecular formula is C30H36N4O4. The van der Waals surface area contributed by atoms with E-state index < -0.39 is 6.04 Å². The van der Waals surface area contributed by atoms with E-state index in [2.05, 4.69) is 23.8 Å². The Morgan fingerprint density at radius 1 is 0.974 bits per heavy atom. The largest absolute Gasteiger partial charge is 0.494 e. The van der Waals surface area contributed by atoms with Crippen LogP contribution in [0.2, 0.25) is 0 Å². The van der Waals surface area contributed by atoms with Crippen molar-refractivity contribution in [3.05, 3.63) is 66.5 Å². The third-order valence-corrected chi connectivity index (χ3v) is 6.75. The summed E-state index contributed by atoms with van der Waals surface area (Å²) in [6.07, 6.45) is 6.26. The van der Waals surface area contributed by atoms with Gasteiger partial charge in [0.25, 0.3) is 0 Å². The van der Waals surface area contributed by atoms with Crippen LogP contribution in [0, 0.1) is 11.8 Å². The lowest BCUT2D eigenvalue weighted by molar-refractivity contribution is -0.156. The Kier molecular flexibility index (Phi) is 9.07. The lowest BCUT2D eigenvalue weighted by Crippen LogP contribution is -2.57. The average Bonchev–Trinajstić information content (AvgIpc) is 2.91. The molecule has 8 nitrogen and oxygen atoms in total. The number of amides is 1. The second kappa shape index (κ2) is 12.6.